The van der Waals surface area contributed by atoms with E-state index in [1.54, 1.807) is 0 Å². The van der Waals surface area contributed by atoms with Crippen molar-refractivity contribution in [3.63, 3.8) is 0 Å². The fraction of sp³-hybridized carbons (Fsp3) is 0.692. The van der Waals surface area contributed by atoms with E-state index in [2.05, 4.69) is 4.72 Å². The number of aryl methyl sites for hydroxylation is 1. The van der Waals surface area contributed by atoms with E-state index in [0.29, 0.717) is 0 Å². The van der Waals surface area contributed by atoms with Crippen LogP contribution in [0.15, 0.2) is 20.7 Å². The SMILES string of the molecule is Cn1cc(S(=O)(=O)NC2CCCCCC2)c(=O)n(C)c1=O. The normalized spacial score (nSPS) is 17.6. The molecule has 8 heteroatoms. The summed E-state index contributed by atoms with van der Waals surface area (Å²) in [5.74, 6) is 0. The second-order valence-corrected chi connectivity index (χ2v) is 7.24. The molecule has 0 unspecified atom stereocenters. The van der Waals surface area contributed by atoms with Gasteiger partial charge in [-0.1, -0.05) is 25.7 Å². The molecule has 1 N–H and O–H groups in total. The molecule has 1 fully saturated rings. The molecule has 0 atom stereocenters. The molecule has 1 aliphatic carbocycles. The first-order chi connectivity index (χ1) is 9.83. The minimum atomic E-state index is -3.91. The molecule has 0 aromatic carbocycles. The molecule has 0 saturated heterocycles. The van der Waals surface area contributed by atoms with Gasteiger partial charge in [0, 0.05) is 26.3 Å². The highest BCUT2D eigenvalue weighted by Crippen LogP contribution is 2.18. The van der Waals surface area contributed by atoms with E-state index < -0.39 is 21.3 Å². The average Bonchev–Trinajstić information content (AvgIpc) is 2.68. The van der Waals surface area contributed by atoms with Crippen LogP contribution in [0.5, 0.6) is 0 Å². The fourth-order valence-electron chi connectivity index (χ4n) is 2.64. The summed E-state index contributed by atoms with van der Waals surface area (Å²) in [7, 11) is -1.22. The molecule has 1 saturated carbocycles. The maximum Gasteiger partial charge on any atom is 0.330 e. The first-order valence-electron chi connectivity index (χ1n) is 7.12. The van der Waals surface area contributed by atoms with Crippen LogP contribution < -0.4 is 16.0 Å². The second-order valence-electron chi connectivity index (χ2n) is 5.56. The van der Waals surface area contributed by atoms with Crippen molar-refractivity contribution in [2.45, 2.75) is 49.5 Å². The van der Waals surface area contributed by atoms with E-state index in [9.17, 15) is 18.0 Å². The Labute approximate surface area is 123 Å². The summed E-state index contributed by atoms with van der Waals surface area (Å²) in [6, 6.07) is -0.139. The van der Waals surface area contributed by atoms with Crippen LogP contribution in [0.3, 0.4) is 0 Å². The van der Waals surface area contributed by atoms with Crippen molar-refractivity contribution < 1.29 is 8.42 Å². The van der Waals surface area contributed by atoms with Gasteiger partial charge < -0.3 is 4.57 Å². The van der Waals surface area contributed by atoms with Crippen molar-refractivity contribution in [1.29, 1.82) is 0 Å². The van der Waals surface area contributed by atoms with Crippen LogP contribution in [-0.2, 0) is 24.1 Å². The minimum Gasteiger partial charge on any atom is -0.302 e. The van der Waals surface area contributed by atoms with Gasteiger partial charge in [-0.15, -0.1) is 0 Å². The lowest BCUT2D eigenvalue weighted by molar-refractivity contribution is 0.506. The smallest absolute Gasteiger partial charge is 0.302 e. The highest BCUT2D eigenvalue weighted by atomic mass is 32.2. The predicted octanol–water partition coefficient (Wildman–Crippen LogP) is 0.0851. The van der Waals surface area contributed by atoms with Gasteiger partial charge in [-0.3, -0.25) is 9.36 Å². The van der Waals surface area contributed by atoms with Gasteiger partial charge in [0.1, 0.15) is 0 Å². The fourth-order valence-corrected chi connectivity index (χ4v) is 4.10. The van der Waals surface area contributed by atoms with Gasteiger partial charge in [-0.05, 0) is 12.8 Å². The Bertz CT molecular complexity index is 725. The molecule has 7 nitrogen and oxygen atoms in total. The number of rotatable bonds is 3. The van der Waals surface area contributed by atoms with Gasteiger partial charge in [0.2, 0.25) is 10.0 Å². The summed E-state index contributed by atoms with van der Waals surface area (Å²) in [5.41, 5.74) is -1.34. The summed E-state index contributed by atoms with van der Waals surface area (Å²) in [4.78, 5) is 23.3. The van der Waals surface area contributed by atoms with E-state index >= 15 is 0 Å². The molecular weight excluding hydrogens is 294 g/mol. The maximum absolute atomic E-state index is 12.4. The van der Waals surface area contributed by atoms with E-state index in [0.717, 1.165) is 53.9 Å². The summed E-state index contributed by atoms with van der Waals surface area (Å²) >= 11 is 0. The van der Waals surface area contributed by atoms with Crippen LogP contribution in [0.1, 0.15) is 38.5 Å². The third-order valence-corrected chi connectivity index (χ3v) is 5.38. The highest BCUT2D eigenvalue weighted by molar-refractivity contribution is 7.89. The highest BCUT2D eigenvalue weighted by Gasteiger charge is 2.25. The Morgan fingerprint density at radius 1 is 1.10 bits per heavy atom. The zero-order chi connectivity index (χ0) is 15.6. The van der Waals surface area contributed by atoms with E-state index in [1.807, 2.05) is 0 Å². The number of aromatic nitrogens is 2. The molecule has 21 heavy (non-hydrogen) atoms. The molecule has 118 valence electrons. The molecule has 1 heterocycles. The van der Waals surface area contributed by atoms with Crippen molar-refractivity contribution in [2.75, 3.05) is 0 Å². The van der Waals surface area contributed by atoms with Crippen LogP contribution in [0.25, 0.3) is 0 Å². The summed E-state index contributed by atoms with van der Waals surface area (Å²) in [5, 5.41) is 0. The topological polar surface area (TPSA) is 90.2 Å². The quantitative estimate of drug-likeness (QED) is 0.800. The average molecular weight is 315 g/mol. The first kappa shape index (κ1) is 16.0. The Hall–Kier alpha value is -1.41. The summed E-state index contributed by atoms with van der Waals surface area (Å²) in [6.45, 7) is 0. The number of nitrogens with one attached hydrogen (secondary N) is 1. The molecule has 0 amide bonds. The van der Waals surface area contributed by atoms with Crippen LogP contribution >= 0.6 is 0 Å². The summed E-state index contributed by atoms with van der Waals surface area (Å²) < 4.78 is 29.3. The monoisotopic (exact) mass is 315 g/mol. The number of nitrogens with zero attached hydrogens (tertiary/aromatic N) is 2. The number of hydrogen-bond donors (Lipinski definition) is 1. The molecule has 0 bridgehead atoms. The number of sulfonamides is 1. The largest absolute Gasteiger partial charge is 0.330 e. The van der Waals surface area contributed by atoms with Crippen molar-refractivity contribution in [3.05, 3.63) is 27.0 Å². The molecule has 1 aromatic rings. The Morgan fingerprint density at radius 3 is 2.24 bits per heavy atom. The van der Waals surface area contributed by atoms with Crippen molar-refractivity contribution in [2.24, 2.45) is 14.1 Å². The lowest BCUT2D eigenvalue weighted by Crippen LogP contribution is -2.43. The molecule has 2 rings (SSSR count). The Morgan fingerprint density at radius 2 is 1.67 bits per heavy atom. The Balaban J connectivity index is 2.36. The van der Waals surface area contributed by atoms with Gasteiger partial charge in [0.25, 0.3) is 5.56 Å². The first-order valence-corrected chi connectivity index (χ1v) is 8.60. The third kappa shape index (κ3) is 3.44. The molecule has 0 aliphatic heterocycles. The predicted molar refractivity (Wildman–Crippen MR) is 78.7 cm³/mol. The van der Waals surface area contributed by atoms with Crippen LogP contribution in [0, 0.1) is 0 Å². The van der Waals surface area contributed by atoms with Gasteiger partial charge in [-0.25, -0.2) is 17.9 Å². The van der Waals surface area contributed by atoms with Crippen molar-refractivity contribution in [1.82, 2.24) is 13.9 Å². The zero-order valence-corrected chi connectivity index (χ0v) is 13.1. The number of hydrogen-bond acceptors (Lipinski definition) is 4. The maximum atomic E-state index is 12.4. The van der Waals surface area contributed by atoms with Crippen molar-refractivity contribution in [3.8, 4) is 0 Å². The van der Waals surface area contributed by atoms with Crippen LogP contribution in [0.4, 0.5) is 0 Å². The zero-order valence-electron chi connectivity index (χ0n) is 12.3. The van der Waals surface area contributed by atoms with E-state index in [1.165, 1.54) is 14.1 Å². The Kier molecular flexibility index (Phi) is 4.67. The molecule has 0 radical (unpaired) electrons. The second kappa shape index (κ2) is 6.15. The lowest BCUT2D eigenvalue weighted by Gasteiger charge is -2.16. The summed E-state index contributed by atoms with van der Waals surface area (Å²) in [6.07, 6.45) is 6.84. The third-order valence-electron chi connectivity index (χ3n) is 3.88. The van der Waals surface area contributed by atoms with E-state index in [-0.39, 0.29) is 10.9 Å². The standard InChI is InChI=1S/C13H21N3O4S/c1-15-9-11(12(17)16(2)13(15)18)21(19,20)14-10-7-5-3-4-6-8-10/h9-10,14H,3-8H2,1-2H3. The van der Waals surface area contributed by atoms with Crippen LogP contribution in [0.2, 0.25) is 0 Å². The molecule has 0 spiro atoms. The van der Waals surface area contributed by atoms with Gasteiger partial charge >= 0.3 is 5.69 Å². The van der Waals surface area contributed by atoms with Gasteiger partial charge in [0.15, 0.2) is 4.90 Å². The molecule has 1 aromatic heterocycles. The lowest BCUT2D eigenvalue weighted by atomic mass is 10.1. The van der Waals surface area contributed by atoms with Crippen molar-refractivity contribution >= 4 is 10.0 Å². The molecular formula is C13H21N3O4S. The van der Waals surface area contributed by atoms with Crippen LogP contribution in [-0.4, -0.2) is 23.6 Å². The molecule has 1 aliphatic rings. The van der Waals surface area contributed by atoms with E-state index in [4.69, 9.17) is 0 Å². The van der Waals surface area contributed by atoms with Gasteiger partial charge in [-0.2, -0.15) is 0 Å². The minimum absolute atomic E-state index is 0.139. The van der Waals surface area contributed by atoms with Gasteiger partial charge in [0.05, 0.1) is 0 Å².